The van der Waals surface area contributed by atoms with Gasteiger partial charge in [-0.05, 0) is 54.5 Å². The summed E-state index contributed by atoms with van der Waals surface area (Å²) in [6.45, 7) is 4.43. The van der Waals surface area contributed by atoms with Gasteiger partial charge in [-0.15, -0.1) is 5.75 Å². The molecule has 0 aliphatic carbocycles. The Labute approximate surface area is 277 Å². The van der Waals surface area contributed by atoms with E-state index in [1.807, 2.05) is 0 Å². The van der Waals surface area contributed by atoms with Crippen molar-refractivity contribution in [2.45, 2.75) is 129 Å². The third-order valence-corrected chi connectivity index (χ3v) is 7.22. The van der Waals surface area contributed by atoms with Crippen molar-refractivity contribution in [2.24, 2.45) is 0 Å². The smallest absolute Gasteiger partial charge is 0.872 e. The number of phenolic OH excluding ortho intramolecular Hbond substituents is 1. The van der Waals surface area contributed by atoms with Crippen LogP contribution in [-0.2, 0) is 12.8 Å². The van der Waals surface area contributed by atoms with E-state index in [1.54, 1.807) is 18.2 Å². The number of hydrogen-bond acceptors (Lipinski definition) is 5. The van der Waals surface area contributed by atoms with Crippen LogP contribution < -0.4 is 10.2 Å². The molecule has 0 heterocycles. The maximum absolute atomic E-state index is 11.2. The van der Waals surface area contributed by atoms with Gasteiger partial charge in [0.05, 0.1) is 11.5 Å². The Bertz CT molecular complexity index is 912. The van der Waals surface area contributed by atoms with E-state index in [1.165, 1.54) is 89.2 Å². The topological polar surface area (TPSA) is 121 Å². The molecule has 0 bridgehead atoms. The normalized spacial score (nSPS) is 10.4. The monoisotopic (exact) mass is 594 g/mol. The van der Waals surface area contributed by atoms with E-state index >= 15 is 0 Å². The maximum Gasteiger partial charge on any atom is 2.00 e. The molecule has 0 radical (unpaired) electrons. The van der Waals surface area contributed by atoms with Crippen LogP contribution in [0.25, 0.3) is 0 Å². The summed E-state index contributed by atoms with van der Waals surface area (Å²) in [7, 11) is 0. The first kappa shape index (κ1) is 39.2. The van der Waals surface area contributed by atoms with Crippen LogP contribution in [0.1, 0.15) is 148 Å². The molecule has 2 aromatic carbocycles. The van der Waals surface area contributed by atoms with Crippen LogP contribution in [0.4, 0.5) is 0 Å². The second kappa shape index (κ2) is 24.8. The number of hydrogen-bond donors (Lipinski definition) is 2. The minimum absolute atomic E-state index is 0. The van der Waals surface area contributed by atoms with Gasteiger partial charge in [-0.3, -0.25) is 0 Å². The number of carboxylic acid groups (broad SMARTS) is 2. The van der Waals surface area contributed by atoms with Crippen molar-refractivity contribution in [3.63, 3.8) is 0 Å². The molecule has 0 atom stereocenters. The summed E-state index contributed by atoms with van der Waals surface area (Å²) >= 11 is 0. The van der Waals surface area contributed by atoms with Crippen LogP contribution >= 0.6 is 0 Å². The predicted octanol–water partition coefficient (Wildman–Crippen LogP) is 7.20. The summed E-state index contributed by atoms with van der Waals surface area (Å²) in [5, 5.41) is 40.6. The van der Waals surface area contributed by atoms with E-state index in [-0.39, 0.29) is 60.4 Å². The Morgan fingerprint density at radius 3 is 1.49 bits per heavy atom. The van der Waals surface area contributed by atoms with Gasteiger partial charge in [0, 0.05) is 0 Å². The molecule has 0 amide bonds. The zero-order valence-corrected chi connectivity index (χ0v) is 27.6. The van der Waals surface area contributed by atoms with Gasteiger partial charge in [0.25, 0.3) is 0 Å². The van der Waals surface area contributed by atoms with Crippen molar-refractivity contribution in [3.05, 3.63) is 58.7 Å². The Morgan fingerprint density at radius 2 is 1.05 bits per heavy atom. The molecule has 0 saturated carbocycles. The number of aromatic carboxylic acids is 2. The largest absolute Gasteiger partial charge is 2.00 e. The Morgan fingerprint density at radius 1 is 0.634 bits per heavy atom. The molecule has 0 aliphatic heterocycles. The van der Waals surface area contributed by atoms with Gasteiger partial charge < -0.3 is 25.2 Å². The number of unbranched alkanes of at least 4 members (excludes halogenated alkanes) is 14. The second-order valence-electron chi connectivity index (χ2n) is 10.7. The Kier molecular flexibility index (Phi) is 23.7. The number of carbonyl (C=O) groups excluding carboxylic acids is 1. The number of aromatic hydroxyl groups is 1. The van der Waals surface area contributed by atoms with E-state index in [0.29, 0.717) is 6.42 Å². The number of rotatable bonds is 20. The van der Waals surface area contributed by atoms with E-state index in [2.05, 4.69) is 13.8 Å². The van der Waals surface area contributed by atoms with E-state index in [9.17, 15) is 24.9 Å². The molecule has 41 heavy (non-hydrogen) atoms. The van der Waals surface area contributed by atoms with Crippen LogP contribution in [0.15, 0.2) is 36.4 Å². The SMILES string of the molecule is CCCCCCCCCCc1ccc(O)cc1C(=O)O.CCCCCCCCCCc1ccc([O-])cc1C(=O)[O-].[Ca+2]. The summed E-state index contributed by atoms with van der Waals surface area (Å²) in [6.07, 6.45) is 21.1. The first-order valence-corrected chi connectivity index (χ1v) is 15.4. The minimum atomic E-state index is -1.25. The standard InChI is InChI=1S/2C17H26O3.Ca/c2*1-2-3-4-5-6-7-8-9-10-14-11-12-15(18)13-16(14)17(19)20;/h2*11-13,18H,2-10H2,1H3,(H,19,20);/q;;+2/p-2. The van der Waals surface area contributed by atoms with Gasteiger partial charge in [-0.1, -0.05) is 128 Å². The first-order valence-electron chi connectivity index (χ1n) is 15.4. The summed E-state index contributed by atoms with van der Waals surface area (Å²) in [5.74, 6) is -2.47. The number of carboxylic acids is 2. The summed E-state index contributed by atoms with van der Waals surface area (Å²) < 4.78 is 0. The summed E-state index contributed by atoms with van der Waals surface area (Å²) in [5.41, 5.74) is 1.82. The Hall–Kier alpha value is -1.76. The van der Waals surface area contributed by atoms with Crippen LogP contribution in [-0.4, -0.2) is 59.9 Å². The molecule has 224 valence electrons. The fraction of sp³-hybridized carbons (Fsp3) is 0.588. The van der Waals surface area contributed by atoms with Gasteiger partial charge in [0.15, 0.2) is 0 Å². The fourth-order valence-electron chi connectivity index (χ4n) is 4.84. The zero-order valence-electron chi connectivity index (χ0n) is 25.4. The second-order valence-corrected chi connectivity index (χ2v) is 10.7. The van der Waals surface area contributed by atoms with Gasteiger partial charge in [0.1, 0.15) is 5.75 Å². The van der Waals surface area contributed by atoms with Crippen molar-refractivity contribution in [1.82, 2.24) is 0 Å². The average Bonchev–Trinajstić information content (AvgIpc) is 2.93. The third kappa shape index (κ3) is 18.4. The molecular formula is C34H50CaO6. The molecule has 0 spiro atoms. The molecular weight excluding hydrogens is 544 g/mol. The molecule has 0 aliphatic rings. The molecule has 0 unspecified atom stereocenters. The van der Waals surface area contributed by atoms with Crippen LogP contribution in [0.5, 0.6) is 11.5 Å². The minimum Gasteiger partial charge on any atom is -0.872 e. The molecule has 0 saturated heterocycles. The molecule has 2 rings (SSSR count). The van der Waals surface area contributed by atoms with Crippen molar-refractivity contribution >= 4 is 49.7 Å². The molecule has 7 heteroatoms. The number of phenols is 1. The molecule has 2 aromatic rings. The van der Waals surface area contributed by atoms with Crippen LogP contribution in [0, 0.1) is 0 Å². The Balaban J connectivity index is 0.000000762. The molecule has 6 nitrogen and oxygen atoms in total. The van der Waals surface area contributed by atoms with Crippen molar-refractivity contribution in [3.8, 4) is 11.5 Å². The van der Waals surface area contributed by atoms with Gasteiger partial charge in [-0.2, -0.15) is 0 Å². The number of benzene rings is 2. The third-order valence-electron chi connectivity index (χ3n) is 7.22. The molecule has 0 aromatic heterocycles. The van der Waals surface area contributed by atoms with Gasteiger partial charge in [-0.25, -0.2) is 4.79 Å². The zero-order chi connectivity index (χ0) is 29.6. The molecule has 2 N–H and O–H groups in total. The van der Waals surface area contributed by atoms with Gasteiger partial charge >= 0.3 is 43.7 Å². The van der Waals surface area contributed by atoms with Crippen LogP contribution in [0.2, 0.25) is 0 Å². The number of carbonyl (C=O) groups is 2. The van der Waals surface area contributed by atoms with E-state index in [0.717, 1.165) is 49.3 Å². The fourth-order valence-corrected chi connectivity index (χ4v) is 4.84. The quantitative estimate of drug-likeness (QED) is 0.124. The van der Waals surface area contributed by atoms with Crippen molar-refractivity contribution in [2.75, 3.05) is 0 Å². The average molecular weight is 595 g/mol. The van der Waals surface area contributed by atoms with Crippen LogP contribution in [0.3, 0.4) is 0 Å². The van der Waals surface area contributed by atoms with E-state index < -0.39 is 11.9 Å². The number of aryl methyl sites for hydroxylation is 2. The first-order chi connectivity index (χ1) is 19.3. The van der Waals surface area contributed by atoms with Crippen molar-refractivity contribution < 1.29 is 30.0 Å². The molecule has 0 fully saturated rings. The maximum atomic E-state index is 11.2. The van der Waals surface area contributed by atoms with Crippen molar-refractivity contribution in [1.29, 1.82) is 0 Å². The van der Waals surface area contributed by atoms with Gasteiger partial charge in [0.2, 0.25) is 0 Å². The predicted molar refractivity (Wildman–Crippen MR) is 164 cm³/mol. The summed E-state index contributed by atoms with van der Waals surface area (Å²) in [6, 6.07) is 8.83. The summed E-state index contributed by atoms with van der Waals surface area (Å²) in [4.78, 5) is 22.1. The van der Waals surface area contributed by atoms with E-state index in [4.69, 9.17) is 5.11 Å².